The molecule has 0 amide bonds. The third-order valence-electron chi connectivity index (χ3n) is 3.69. The van der Waals surface area contributed by atoms with Crippen LogP contribution in [0.5, 0.6) is 0 Å². The Morgan fingerprint density at radius 3 is 1.38 bits per heavy atom. The minimum absolute atomic E-state index is 0.799. The van der Waals surface area contributed by atoms with E-state index in [9.17, 15) is 35.1 Å². The maximum absolute atomic E-state index is 13.9. The third kappa shape index (κ3) is 3.32. The highest BCUT2D eigenvalue weighted by atomic mass is 79.9. The van der Waals surface area contributed by atoms with E-state index in [1.807, 2.05) is 0 Å². The van der Waals surface area contributed by atoms with Gasteiger partial charge in [-0.15, -0.1) is 0 Å². The zero-order valence-corrected chi connectivity index (χ0v) is 14.7. The highest BCUT2D eigenvalue weighted by Crippen LogP contribution is 2.35. The van der Waals surface area contributed by atoms with Gasteiger partial charge in [-0.3, -0.25) is 0 Å². The standard InChI is InChI=1S/C16H9BrF8O/c1-4-8(18)12(22)6(13(23)9(4)19)3-26-16(17)7-14(24)10(20)5(2)11(21)15(7)25/h16H,3H2,1-2H3. The molecule has 0 aromatic heterocycles. The average Bonchev–Trinajstić information content (AvgIpc) is 2.61. The van der Waals surface area contributed by atoms with Crippen molar-refractivity contribution in [2.75, 3.05) is 0 Å². The SMILES string of the molecule is Cc1c(F)c(F)c(COC(Br)c2c(F)c(F)c(C)c(F)c2F)c(F)c1F. The first-order valence-corrected chi connectivity index (χ1v) is 7.81. The summed E-state index contributed by atoms with van der Waals surface area (Å²) < 4.78 is 114. The van der Waals surface area contributed by atoms with Crippen LogP contribution in [0, 0.1) is 60.4 Å². The Balaban J connectivity index is 2.39. The maximum Gasteiger partial charge on any atom is 0.168 e. The predicted molar refractivity (Wildman–Crippen MR) is 78.5 cm³/mol. The van der Waals surface area contributed by atoms with E-state index in [0.29, 0.717) is 0 Å². The molecule has 2 aromatic carbocycles. The van der Waals surface area contributed by atoms with E-state index in [1.54, 1.807) is 0 Å². The van der Waals surface area contributed by atoms with E-state index in [1.165, 1.54) is 0 Å². The molecule has 1 nitrogen and oxygen atoms in total. The number of hydrogen-bond acceptors (Lipinski definition) is 1. The van der Waals surface area contributed by atoms with E-state index >= 15 is 0 Å². The van der Waals surface area contributed by atoms with Crippen LogP contribution in [0.15, 0.2) is 0 Å². The van der Waals surface area contributed by atoms with Gasteiger partial charge in [-0.2, -0.15) is 0 Å². The summed E-state index contributed by atoms with van der Waals surface area (Å²) in [6.45, 7) is 0.419. The van der Waals surface area contributed by atoms with Crippen molar-refractivity contribution in [3.8, 4) is 0 Å². The number of ether oxygens (including phenoxy) is 1. The fraction of sp³-hybridized carbons (Fsp3) is 0.250. The second kappa shape index (κ2) is 7.51. The van der Waals surface area contributed by atoms with E-state index < -0.39 is 80.4 Å². The molecular formula is C16H9BrF8O. The van der Waals surface area contributed by atoms with Gasteiger partial charge in [0, 0.05) is 11.1 Å². The summed E-state index contributed by atoms with van der Waals surface area (Å²) in [6.07, 6.45) is 0. The molecule has 1 atom stereocenters. The lowest BCUT2D eigenvalue weighted by Gasteiger charge is -2.17. The lowest BCUT2D eigenvalue weighted by Crippen LogP contribution is -2.12. The zero-order chi connectivity index (χ0) is 19.9. The van der Waals surface area contributed by atoms with Crippen LogP contribution in [0.4, 0.5) is 35.1 Å². The molecule has 0 saturated carbocycles. The topological polar surface area (TPSA) is 9.23 Å². The Morgan fingerprint density at radius 2 is 1.00 bits per heavy atom. The van der Waals surface area contributed by atoms with Crippen LogP contribution in [0.3, 0.4) is 0 Å². The van der Waals surface area contributed by atoms with Gasteiger partial charge in [0.25, 0.3) is 0 Å². The van der Waals surface area contributed by atoms with Crippen LogP contribution in [0.2, 0.25) is 0 Å². The van der Waals surface area contributed by atoms with Gasteiger partial charge in [0.2, 0.25) is 0 Å². The Labute approximate surface area is 150 Å². The van der Waals surface area contributed by atoms with Crippen molar-refractivity contribution in [2.24, 2.45) is 0 Å². The van der Waals surface area contributed by atoms with Crippen LogP contribution >= 0.6 is 15.9 Å². The normalized spacial score (nSPS) is 12.6. The van der Waals surface area contributed by atoms with Crippen molar-refractivity contribution in [1.82, 2.24) is 0 Å². The summed E-state index contributed by atoms with van der Waals surface area (Å²) in [5.74, 6) is -13.8. The first-order chi connectivity index (χ1) is 12.0. The predicted octanol–water partition coefficient (Wildman–Crippen LogP) is 6.03. The van der Waals surface area contributed by atoms with Crippen molar-refractivity contribution >= 4 is 15.9 Å². The van der Waals surface area contributed by atoms with Gasteiger partial charge in [-0.05, 0) is 13.8 Å². The summed E-state index contributed by atoms with van der Waals surface area (Å²) in [5.41, 5.74) is -4.24. The molecule has 2 rings (SSSR count). The van der Waals surface area contributed by atoms with Gasteiger partial charge in [0.15, 0.2) is 46.5 Å². The first-order valence-electron chi connectivity index (χ1n) is 6.90. The van der Waals surface area contributed by atoms with Crippen LogP contribution in [0.25, 0.3) is 0 Å². The molecule has 0 bridgehead atoms. The summed E-state index contributed by atoms with van der Waals surface area (Å²) in [6, 6.07) is 0. The van der Waals surface area contributed by atoms with E-state index in [0.717, 1.165) is 13.8 Å². The van der Waals surface area contributed by atoms with Crippen molar-refractivity contribution in [3.05, 3.63) is 68.8 Å². The van der Waals surface area contributed by atoms with Gasteiger partial charge in [0.05, 0.1) is 17.7 Å². The second-order valence-electron chi connectivity index (χ2n) is 5.28. The molecule has 0 aliphatic carbocycles. The molecule has 0 aliphatic rings. The minimum Gasteiger partial charge on any atom is -0.357 e. The average molecular weight is 449 g/mol. The van der Waals surface area contributed by atoms with E-state index in [-0.39, 0.29) is 0 Å². The highest BCUT2D eigenvalue weighted by Gasteiger charge is 2.29. The van der Waals surface area contributed by atoms with Crippen LogP contribution in [0.1, 0.15) is 27.3 Å². The maximum atomic E-state index is 13.9. The van der Waals surface area contributed by atoms with Gasteiger partial charge < -0.3 is 4.74 Å². The Kier molecular flexibility index (Phi) is 5.96. The molecule has 0 fully saturated rings. The van der Waals surface area contributed by atoms with Crippen LogP contribution in [-0.2, 0) is 11.3 Å². The summed E-state index contributed by atoms with van der Waals surface area (Å²) in [4.78, 5) is 0. The quantitative estimate of drug-likeness (QED) is 0.315. The number of halogens is 9. The summed E-state index contributed by atoms with van der Waals surface area (Å²) in [5, 5.41) is -1.90. The lowest BCUT2D eigenvalue weighted by atomic mass is 10.1. The van der Waals surface area contributed by atoms with Crippen LogP contribution < -0.4 is 0 Å². The molecule has 0 heterocycles. The molecule has 2 aromatic rings. The first kappa shape index (κ1) is 20.6. The number of rotatable bonds is 4. The minimum atomic E-state index is -1.90. The summed E-state index contributed by atoms with van der Waals surface area (Å²) in [7, 11) is 0. The molecule has 0 aliphatic heterocycles. The van der Waals surface area contributed by atoms with Gasteiger partial charge >= 0.3 is 0 Å². The van der Waals surface area contributed by atoms with Crippen molar-refractivity contribution in [2.45, 2.75) is 25.5 Å². The smallest absolute Gasteiger partial charge is 0.168 e. The van der Waals surface area contributed by atoms with E-state index in [2.05, 4.69) is 15.9 Å². The fourth-order valence-corrected chi connectivity index (χ4v) is 2.65. The molecular weight excluding hydrogens is 440 g/mol. The molecule has 142 valence electrons. The highest BCUT2D eigenvalue weighted by molar-refractivity contribution is 9.09. The number of hydrogen-bond donors (Lipinski definition) is 0. The Hall–Kier alpha value is -1.68. The number of benzene rings is 2. The third-order valence-corrected chi connectivity index (χ3v) is 4.41. The largest absolute Gasteiger partial charge is 0.357 e. The molecule has 0 radical (unpaired) electrons. The molecule has 1 unspecified atom stereocenters. The van der Waals surface area contributed by atoms with Crippen molar-refractivity contribution < 1.29 is 39.9 Å². The second-order valence-corrected chi connectivity index (χ2v) is 6.11. The molecule has 10 heteroatoms. The zero-order valence-electron chi connectivity index (χ0n) is 13.1. The van der Waals surface area contributed by atoms with Gasteiger partial charge in [-0.25, -0.2) is 35.1 Å². The Morgan fingerprint density at radius 1 is 0.654 bits per heavy atom. The molecule has 0 saturated heterocycles. The lowest BCUT2D eigenvalue weighted by molar-refractivity contribution is 0.0922. The van der Waals surface area contributed by atoms with Gasteiger partial charge in [-0.1, -0.05) is 15.9 Å². The van der Waals surface area contributed by atoms with Crippen molar-refractivity contribution in [1.29, 1.82) is 0 Å². The number of alkyl halides is 1. The van der Waals surface area contributed by atoms with Gasteiger partial charge in [0.1, 0.15) is 5.01 Å². The monoisotopic (exact) mass is 448 g/mol. The molecule has 0 spiro atoms. The molecule has 26 heavy (non-hydrogen) atoms. The Bertz CT molecular complexity index is 826. The van der Waals surface area contributed by atoms with E-state index in [4.69, 9.17) is 4.74 Å². The molecule has 0 N–H and O–H groups in total. The summed E-state index contributed by atoms with van der Waals surface area (Å²) >= 11 is 2.57. The van der Waals surface area contributed by atoms with Crippen molar-refractivity contribution in [3.63, 3.8) is 0 Å². The van der Waals surface area contributed by atoms with Crippen LogP contribution in [-0.4, -0.2) is 0 Å². The fourth-order valence-electron chi connectivity index (χ4n) is 2.11.